The predicted molar refractivity (Wildman–Crippen MR) is 98.1 cm³/mol. The van der Waals surface area contributed by atoms with Gasteiger partial charge in [0.2, 0.25) is 0 Å². The Bertz CT molecular complexity index is 801. The number of aromatic nitrogens is 1. The summed E-state index contributed by atoms with van der Waals surface area (Å²) in [4.78, 5) is 4.97. The number of aryl methyl sites for hydroxylation is 3. The summed E-state index contributed by atoms with van der Waals surface area (Å²) in [6, 6.07) is 6.32. The van der Waals surface area contributed by atoms with Crippen LogP contribution in [0, 0.1) is 13.8 Å². The molecule has 0 radical (unpaired) electrons. The van der Waals surface area contributed by atoms with Crippen molar-refractivity contribution in [2.45, 2.75) is 33.1 Å². The molecule has 1 aromatic carbocycles. The van der Waals surface area contributed by atoms with Crippen LogP contribution in [-0.4, -0.2) is 11.5 Å². The first kappa shape index (κ1) is 15.6. The normalized spacial score (nSPS) is 11.5. The van der Waals surface area contributed by atoms with Gasteiger partial charge in [-0.25, -0.2) is 0 Å². The molecule has 0 fully saturated rings. The monoisotopic (exact) mass is 332 g/mol. The Morgan fingerprint density at radius 1 is 1.18 bits per heavy atom. The lowest BCUT2D eigenvalue weighted by molar-refractivity contribution is 0.748. The van der Waals surface area contributed by atoms with Gasteiger partial charge >= 0.3 is 0 Å². The minimum atomic E-state index is 0.751. The molecule has 2 nitrogen and oxygen atoms in total. The molecule has 0 unspecified atom stereocenters. The number of nitrogens with one attached hydrogen (secondary N) is 1. The second-order valence-electron chi connectivity index (χ2n) is 5.75. The number of hydrogen-bond donors (Lipinski definition) is 2. The van der Waals surface area contributed by atoms with Gasteiger partial charge in [0.15, 0.2) is 0 Å². The largest absolute Gasteiger partial charge is 0.353 e. The second-order valence-corrected chi connectivity index (χ2v) is 7.08. The standard InChI is InChI=1S/C18H21ClN2S/c1-11-8-10-22-18(11)17-13(5-3-4-9-20)14-6-7-15(19)12(2)16(14)21-17/h6-8,10,21H,3-5,9,20H2,1-2H3. The van der Waals surface area contributed by atoms with Gasteiger partial charge < -0.3 is 10.7 Å². The van der Waals surface area contributed by atoms with Crippen LogP contribution < -0.4 is 5.73 Å². The van der Waals surface area contributed by atoms with Gasteiger partial charge in [-0.2, -0.15) is 0 Å². The summed E-state index contributed by atoms with van der Waals surface area (Å²) in [6.07, 6.45) is 3.22. The van der Waals surface area contributed by atoms with Gasteiger partial charge in [-0.3, -0.25) is 0 Å². The van der Waals surface area contributed by atoms with Crippen molar-refractivity contribution in [3.63, 3.8) is 0 Å². The van der Waals surface area contributed by atoms with Gasteiger partial charge in [-0.1, -0.05) is 17.7 Å². The van der Waals surface area contributed by atoms with Crippen LogP contribution in [0.3, 0.4) is 0 Å². The zero-order valence-corrected chi connectivity index (χ0v) is 14.6. The van der Waals surface area contributed by atoms with E-state index in [0.29, 0.717) is 0 Å². The van der Waals surface area contributed by atoms with Crippen molar-refractivity contribution >= 4 is 33.8 Å². The van der Waals surface area contributed by atoms with E-state index in [4.69, 9.17) is 17.3 Å². The van der Waals surface area contributed by atoms with Crippen molar-refractivity contribution in [1.82, 2.24) is 4.98 Å². The van der Waals surface area contributed by atoms with Crippen molar-refractivity contribution in [2.75, 3.05) is 6.54 Å². The Labute approximate surface area is 140 Å². The molecule has 0 aliphatic carbocycles. The van der Waals surface area contributed by atoms with Crippen LogP contribution in [0.25, 0.3) is 21.5 Å². The quantitative estimate of drug-likeness (QED) is 0.599. The highest BCUT2D eigenvalue weighted by Crippen LogP contribution is 2.38. The third kappa shape index (κ3) is 2.69. The maximum Gasteiger partial charge on any atom is 0.0601 e. The number of nitrogens with two attached hydrogens (primary N) is 1. The fourth-order valence-corrected chi connectivity index (χ4v) is 4.07. The average Bonchev–Trinajstić information content (AvgIpc) is 3.07. The minimum absolute atomic E-state index is 0.751. The van der Waals surface area contributed by atoms with Crippen LogP contribution in [0.4, 0.5) is 0 Å². The van der Waals surface area contributed by atoms with Crippen molar-refractivity contribution in [2.24, 2.45) is 5.73 Å². The molecule has 0 saturated heterocycles. The topological polar surface area (TPSA) is 41.8 Å². The summed E-state index contributed by atoms with van der Waals surface area (Å²) >= 11 is 8.09. The zero-order valence-electron chi connectivity index (χ0n) is 13.0. The van der Waals surface area contributed by atoms with E-state index in [9.17, 15) is 0 Å². The van der Waals surface area contributed by atoms with E-state index in [1.165, 1.54) is 27.1 Å². The van der Waals surface area contributed by atoms with Gasteiger partial charge in [0.1, 0.15) is 0 Å². The molecule has 2 aromatic heterocycles. The number of fused-ring (bicyclic) bond motifs is 1. The van der Waals surface area contributed by atoms with Gasteiger partial charge in [0, 0.05) is 10.4 Å². The summed E-state index contributed by atoms with van der Waals surface area (Å²) in [5, 5.41) is 4.26. The summed E-state index contributed by atoms with van der Waals surface area (Å²) in [7, 11) is 0. The van der Waals surface area contributed by atoms with E-state index < -0.39 is 0 Å². The van der Waals surface area contributed by atoms with Crippen molar-refractivity contribution in [3.05, 3.63) is 45.3 Å². The Kier molecular flexibility index (Phi) is 4.57. The fraction of sp³-hybridized carbons (Fsp3) is 0.333. The number of unbranched alkanes of at least 4 members (excludes halogenated alkanes) is 1. The van der Waals surface area contributed by atoms with Gasteiger partial charge in [-0.15, -0.1) is 11.3 Å². The van der Waals surface area contributed by atoms with Crippen molar-refractivity contribution in [3.8, 4) is 10.6 Å². The Hall–Kier alpha value is -1.29. The third-order valence-electron chi connectivity index (χ3n) is 4.25. The molecule has 0 amide bonds. The highest BCUT2D eigenvalue weighted by atomic mass is 35.5. The summed E-state index contributed by atoms with van der Waals surface area (Å²) in [6.45, 7) is 5.00. The minimum Gasteiger partial charge on any atom is -0.353 e. The number of halogens is 1. The first-order valence-corrected chi connectivity index (χ1v) is 8.93. The summed E-state index contributed by atoms with van der Waals surface area (Å²) < 4.78 is 0. The van der Waals surface area contributed by atoms with E-state index in [1.54, 1.807) is 11.3 Å². The number of aromatic amines is 1. The molecule has 22 heavy (non-hydrogen) atoms. The number of thiophene rings is 1. The van der Waals surface area contributed by atoms with Gasteiger partial charge in [0.25, 0.3) is 0 Å². The van der Waals surface area contributed by atoms with Crippen molar-refractivity contribution in [1.29, 1.82) is 0 Å². The third-order valence-corrected chi connectivity index (χ3v) is 5.69. The number of rotatable bonds is 5. The van der Waals surface area contributed by atoms with E-state index in [1.807, 2.05) is 6.07 Å². The average molecular weight is 333 g/mol. The van der Waals surface area contributed by atoms with Gasteiger partial charge in [-0.05, 0) is 73.9 Å². The van der Waals surface area contributed by atoms with E-state index in [0.717, 1.165) is 41.9 Å². The molecule has 4 heteroatoms. The highest BCUT2D eigenvalue weighted by Gasteiger charge is 2.17. The maximum absolute atomic E-state index is 6.30. The highest BCUT2D eigenvalue weighted by molar-refractivity contribution is 7.13. The molecule has 0 bridgehead atoms. The van der Waals surface area contributed by atoms with Crippen LogP contribution in [0.2, 0.25) is 5.02 Å². The number of hydrogen-bond acceptors (Lipinski definition) is 2. The van der Waals surface area contributed by atoms with Crippen molar-refractivity contribution < 1.29 is 0 Å². The Morgan fingerprint density at radius 3 is 2.68 bits per heavy atom. The number of benzene rings is 1. The molecule has 116 valence electrons. The summed E-state index contributed by atoms with van der Waals surface area (Å²) in [5.74, 6) is 0. The lowest BCUT2D eigenvalue weighted by Crippen LogP contribution is -1.99. The predicted octanol–water partition coefficient (Wildman–Crippen LogP) is 5.45. The smallest absolute Gasteiger partial charge is 0.0601 e. The lowest BCUT2D eigenvalue weighted by Gasteiger charge is -2.05. The molecule has 0 aliphatic heterocycles. The summed E-state index contributed by atoms with van der Waals surface area (Å²) in [5.41, 5.74) is 11.9. The van der Waals surface area contributed by atoms with Gasteiger partial charge in [0.05, 0.1) is 16.1 Å². The van der Waals surface area contributed by atoms with Crippen LogP contribution in [0.1, 0.15) is 29.5 Å². The molecule has 2 heterocycles. The first-order chi connectivity index (χ1) is 10.6. The first-order valence-electron chi connectivity index (χ1n) is 7.67. The van der Waals surface area contributed by atoms with Crippen LogP contribution in [-0.2, 0) is 6.42 Å². The molecular weight excluding hydrogens is 312 g/mol. The fourth-order valence-electron chi connectivity index (χ4n) is 2.96. The molecule has 0 atom stereocenters. The lowest BCUT2D eigenvalue weighted by atomic mass is 10.0. The van der Waals surface area contributed by atoms with Crippen LogP contribution in [0.5, 0.6) is 0 Å². The zero-order chi connectivity index (χ0) is 15.7. The SMILES string of the molecule is Cc1ccsc1-c1[nH]c2c(C)c(Cl)ccc2c1CCCCN. The molecule has 3 aromatic rings. The number of H-pyrrole nitrogens is 1. The van der Waals surface area contributed by atoms with Crippen LogP contribution >= 0.6 is 22.9 Å². The maximum atomic E-state index is 6.30. The Morgan fingerprint density at radius 2 is 2.00 bits per heavy atom. The molecule has 3 N–H and O–H groups in total. The molecule has 0 spiro atoms. The molecular formula is C18H21ClN2S. The molecule has 3 rings (SSSR count). The van der Waals surface area contributed by atoms with E-state index in [-0.39, 0.29) is 0 Å². The molecule has 0 saturated carbocycles. The van der Waals surface area contributed by atoms with E-state index in [2.05, 4.69) is 36.3 Å². The molecule has 0 aliphatic rings. The van der Waals surface area contributed by atoms with Crippen LogP contribution in [0.15, 0.2) is 23.6 Å². The van der Waals surface area contributed by atoms with E-state index >= 15 is 0 Å². The Balaban J connectivity index is 2.19. The second kappa shape index (κ2) is 6.45.